The Balaban J connectivity index is 1.59. The molecule has 1 aliphatic carbocycles. The minimum Gasteiger partial charge on any atom is -0.296 e. The van der Waals surface area contributed by atoms with E-state index in [1.807, 2.05) is 0 Å². The Morgan fingerprint density at radius 2 is 1.58 bits per heavy atom. The standard InChI is InChI=1S/C22H18BrN/c1-24-13-22(24)21-5-3-2-4-18(21)14-6-8-19-15(10-14)11-16-12-17(23)7-9-20(16)19/h2-10,12,22H,11,13H2,1H3. The van der Waals surface area contributed by atoms with Crippen LogP contribution in [-0.4, -0.2) is 18.5 Å². The monoisotopic (exact) mass is 375 g/mol. The summed E-state index contributed by atoms with van der Waals surface area (Å²) < 4.78 is 1.16. The van der Waals surface area contributed by atoms with Crippen LogP contribution in [0.15, 0.2) is 65.1 Å². The second-order valence-corrected chi connectivity index (χ2v) is 7.81. The van der Waals surface area contributed by atoms with Gasteiger partial charge in [-0.15, -0.1) is 0 Å². The summed E-state index contributed by atoms with van der Waals surface area (Å²) in [5.41, 5.74) is 9.82. The molecule has 1 aliphatic heterocycles. The highest BCUT2D eigenvalue weighted by Gasteiger charge is 2.33. The van der Waals surface area contributed by atoms with E-state index in [-0.39, 0.29) is 0 Å². The van der Waals surface area contributed by atoms with E-state index in [4.69, 9.17) is 0 Å². The Kier molecular flexibility index (Phi) is 3.19. The van der Waals surface area contributed by atoms with Gasteiger partial charge in [0.1, 0.15) is 0 Å². The molecule has 5 rings (SSSR count). The SMILES string of the molecule is CN1CC1c1ccccc1-c1ccc2c(c1)Cc1cc(Br)ccc1-2. The third kappa shape index (κ3) is 2.25. The number of fused-ring (bicyclic) bond motifs is 3. The normalized spacial score (nSPS) is 20.6. The van der Waals surface area contributed by atoms with Crippen molar-refractivity contribution in [1.29, 1.82) is 0 Å². The van der Waals surface area contributed by atoms with E-state index in [0.717, 1.165) is 10.9 Å². The van der Waals surface area contributed by atoms with Crippen LogP contribution in [0.1, 0.15) is 22.7 Å². The van der Waals surface area contributed by atoms with E-state index in [2.05, 4.69) is 88.5 Å². The lowest BCUT2D eigenvalue weighted by Gasteiger charge is -2.11. The molecule has 1 nitrogen and oxygen atoms in total. The summed E-state index contributed by atoms with van der Waals surface area (Å²) in [4.78, 5) is 2.39. The maximum atomic E-state index is 3.59. The van der Waals surface area contributed by atoms with Crippen molar-refractivity contribution < 1.29 is 0 Å². The van der Waals surface area contributed by atoms with Gasteiger partial charge >= 0.3 is 0 Å². The Labute approximate surface area is 151 Å². The van der Waals surface area contributed by atoms with Gasteiger partial charge in [-0.25, -0.2) is 0 Å². The Morgan fingerprint density at radius 3 is 2.38 bits per heavy atom. The number of hydrogen-bond donors (Lipinski definition) is 0. The maximum Gasteiger partial charge on any atom is 0.0479 e. The van der Waals surface area contributed by atoms with Crippen LogP contribution in [0.4, 0.5) is 0 Å². The Hall–Kier alpha value is -1.90. The van der Waals surface area contributed by atoms with Gasteiger partial charge in [-0.1, -0.05) is 64.5 Å². The molecule has 2 heteroatoms. The molecule has 24 heavy (non-hydrogen) atoms. The molecule has 0 saturated carbocycles. The van der Waals surface area contributed by atoms with Crippen molar-refractivity contribution >= 4 is 15.9 Å². The van der Waals surface area contributed by atoms with Gasteiger partial charge in [0.25, 0.3) is 0 Å². The molecule has 1 saturated heterocycles. The highest BCUT2D eigenvalue weighted by molar-refractivity contribution is 9.10. The molecular formula is C22H18BrN. The minimum atomic E-state index is 0.586. The molecule has 1 fully saturated rings. The molecule has 0 aromatic heterocycles. The van der Waals surface area contributed by atoms with E-state index in [1.54, 1.807) is 0 Å². The lowest BCUT2D eigenvalue weighted by atomic mass is 9.94. The molecule has 0 N–H and O–H groups in total. The Morgan fingerprint density at radius 1 is 0.875 bits per heavy atom. The van der Waals surface area contributed by atoms with Crippen LogP contribution in [0, 0.1) is 0 Å². The summed E-state index contributed by atoms with van der Waals surface area (Å²) in [7, 11) is 2.19. The first-order chi connectivity index (χ1) is 11.7. The van der Waals surface area contributed by atoms with Crippen LogP contribution in [0.25, 0.3) is 22.3 Å². The first kappa shape index (κ1) is 14.4. The van der Waals surface area contributed by atoms with Gasteiger partial charge in [0.15, 0.2) is 0 Å². The predicted octanol–water partition coefficient (Wildman–Crippen LogP) is 5.67. The van der Waals surface area contributed by atoms with Gasteiger partial charge in [0, 0.05) is 17.1 Å². The van der Waals surface area contributed by atoms with Crippen molar-refractivity contribution in [3.05, 3.63) is 81.8 Å². The lowest BCUT2D eigenvalue weighted by Crippen LogP contribution is -1.93. The molecule has 0 radical (unpaired) electrons. The zero-order chi connectivity index (χ0) is 16.3. The van der Waals surface area contributed by atoms with Crippen LogP contribution in [0.5, 0.6) is 0 Å². The first-order valence-electron chi connectivity index (χ1n) is 8.42. The molecule has 0 spiro atoms. The van der Waals surface area contributed by atoms with Crippen molar-refractivity contribution in [1.82, 2.24) is 4.90 Å². The van der Waals surface area contributed by atoms with Gasteiger partial charge in [-0.3, -0.25) is 4.90 Å². The topological polar surface area (TPSA) is 3.01 Å². The second kappa shape index (κ2) is 5.30. The molecule has 3 aromatic rings. The van der Waals surface area contributed by atoms with Crippen molar-refractivity contribution in [3.63, 3.8) is 0 Å². The molecule has 0 amide bonds. The van der Waals surface area contributed by atoms with Gasteiger partial charge < -0.3 is 0 Å². The summed E-state index contributed by atoms with van der Waals surface area (Å²) in [6, 6.07) is 23.1. The van der Waals surface area contributed by atoms with Gasteiger partial charge in [-0.2, -0.15) is 0 Å². The number of benzene rings is 3. The second-order valence-electron chi connectivity index (χ2n) is 6.89. The smallest absolute Gasteiger partial charge is 0.0479 e. The van der Waals surface area contributed by atoms with Crippen LogP contribution in [0.2, 0.25) is 0 Å². The summed E-state index contributed by atoms with van der Waals surface area (Å²) in [6.45, 7) is 1.17. The average Bonchev–Trinajstić information content (AvgIpc) is 3.21. The fourth-order valence-corrected chi connectivity index (χ4v) is 4.37. The molecule has 2 aliphatic rings. The highest BCUT2D eigenvalue weighted by Crippen LogP contribution is 2.42. The summed E-state index contributed by atoms with van der Waals surface area (Å²) in [5, 5.41) is 0. The third-order valence-electron chi connectivity index (χ3n) is 5.33. The molecule has 2 unspecified atom stereocenters. The quantitative estimate of drug-likeness (QED) is 0.407. The minimum absolute atomic E-state index is 0.586. The van der Waals surface area contributed by atoms with Crippen LogP contribution in [-0.2, 0) is 6.42 Å². The first-order valence-corrected chi connectivity index (χ1v) is 9.21. The van der Waals surface area contributed by atoms with Crippen molar-refractivity contribution in [3.8, 4) is 22.3 Å². The zero-order valence-electron chi connectivity index (χ0n) is 13.6. The van der Waals surface area contributed by atoms with Crippen molar-refractivity contribution in [2.24, 2.45) is 0 Å². The van der Waals surface area contributed by atoms with E-state index in [0.29, 0.717) is 6.04 Å². The summed E-state index contributed by atoms with van der Waals surface area (Å²) >= 11 is 3.59. The fourth-order valence-electron chi connectivity index (χ4n) is 3.96. The summed E-state index contributed by atoms with van der Waals surface area (Å²) in [5.74, 6) is 0. The van der Waals surface area contributed by atoms with E-state index < -0.39 is 0 Å². The molecule has 2 atom stereocenters. The number of likely N-dealkylation sites (N-methyl/N-ethyl adjacent to an activating group) is 1. The van der Waals surface area contributed by atoms with Gasteiger partial charge in [0.2, 0.25) is 0 Å². The molecule has 0 bridgehead atoms. The third-order valence-corrected chi connectivity index (χ3v) is 5.83. The van der Waals surface area contributed by atoms with Crippen molar-refractivity contribution in [2.75, 3.05) is 13.6 Å². The largest absolute Gasteiger partial charge is 0.296 e. The van der Waals surface area contributed by atoms with Gasteiger partial charge in [0.05, 0.1) is 0 Å². The number of nitrogens with zero attached hydrogens (tertiary/aromatic N) is 1. The van der Waals surface area contributed by atoms with Crippen molar-refractivity contribution in [2.45, 2.75) is 12.5 Å². The molecule has 118 valence electrons. The number of halogens is 1. The van der Waals surface area contributed by atoms with E-state index in [9.17, 15) is 0 Å². The molecular weight excluding hydrogens is 358 g/mol. The van der Waals surface area contributed by atoms with E-state index in [1.165, 1.54) is 45.5 Å². The van der Waals surface area contributed by atoms with Crippen LogP contribution >= 0.6 is 15.9 Å². The fraction of sp³-hybridized carbons (Fsp3) is 0.182. The molecule has 1 heterocycles. The average molecular weight is 376 g/mol. The highest BCUT2D eigenvalue weighted by atomic mass is 79.9. The summed E-state index contributed by atoms with van der Waals surface area (Å²) in [6.07, 6.45) is 1.03. The van der Waals surface area contributed by atoms with Crippen LogP contribution in [0.3, 0.4) is 0 Å². The van der Waals surface area contributed by atoms with Gasteiger partial charge in [-0.05, 0) is 64.5 Å². The predicted molar refractivity (Wildman–Crippen MR) is 103 cm³/mol. The number of rotatable bonds is 2. The maximum absolute atomic E-state index is 3.59. The van der Waals surface area contributed by atoms with E-state index >= 15 is 0 Å². The van der Waals surface area contributed by atoms with Crippen LogP contribution < -0.4 is 0 Å². The Bertz CT molecular complexity index is 960. The molecule has 3 aromatic carbocycles. The lowest BCUT2D eigenvalue weighted by molar-refractivity contribution is 0.632. The zero-order valence-corrected chi connectivity index (χ0v) is 15.2. The number of hydrogen-bond acceptors (Lipinski definition) is 1.